The molecule has 2 atom stereocenters. The van der Waals surface area contributed by atoms with Crippen LogP contribution in [-0.4, -0.2) is 60.2 Å². The van der Waals surface area contributed by atoms with Gasteiger partial charge in [-0.1, -0.05) is 6.92 Å². The summed E-state index contributed by atoms with van der Waals surface area (Å²) in [6.45, 7) is 6.81. The van der Waals surface area contributed by atoms with Crippen LogP contribution in [0.5, 0.6) is 0 Å². The van der Waals surface area contributed by atoms with E-state index in [4.69, 9.17) is 0 Å². The minimum Gasteiger partial charge on any atom is -0.352 e. The predicted octanol–water partition coefficient (Wildman–Crippen LogP) is 0.748. The van der Waals surface area contributed by atoms with E-state index < -0.39 is 10.0 Å². The van der Waals surface area contributed by atoms with E-state index >= 15 is 0 Å². The average Bonchev–Trinajstić information content (AvgIpc) is 2.91. The van der Waals surface area contributed by atoms with Crippen molar-refractivity contribution in [1.29, 1.82) is 0 Å². The Kier molecular flexibility index (Phi) is 5.79. The first kappa shape index (κ1) is 18.0. The monoisotopic (exact) mass is 349 g/mol. The molecule has 2 rings (SSSR count). The fourth-order valence-electron chi connectivity index (χ4n) is 2.83. The molecule has 128 valence electrons. The van der Waals surface area contributed by atoms with Crippen molar-refractivity contribution >= 4 is 27.7 Å². The second kappa shape index (κ2) is 7.07. The molecule has 0 aromatic carbocycles. The molecule has 0 radical (unpaired) electrons. The van der Waals surface area contributed by atoms with E-state index in [9.17, 15) is 13.2 Å². The van der Waals surface area contributed by atoms with Gasteiger partial charge in [-0.15, -0.1) is 11.8 Å². The molecule has 2 aliphatic heterocycles. The van der Waals surface area contributed by atoms with Gasteiger partial charge in [-0.05, 0) is 33.1 Å². The molecular formula is C14H27N3O3S2. The summed E-state index contributed by atoms with van der Waals surface area (Å²) in [4.78, 5) is 12.1. The fraction of sp³-hybridized carbons (Fsp3) is 0.929. The number of rotatable bonds is 5. The van der Waals surface area contributed by atoms with Gasteiger partial charge in [0.25, 0.3) is 0 Å². The molecule has 2 N–H and O–H groups in total. The van der Waals surface area contributed by atoms with Crippen molar-refractivity contribution in [2.45, 2.75) is 57.0 Å². The van der Waals surface area contributed by atoms with Crippen LogP contribution in [0.1, 0.15) is 40.0 Å². The maximum atomic E-state index is 12.2. The summed E-state index contributed by atoms with van der Waals surface area (Å²) >= 11 is 1.76. The van der Waals surface area contributed by atoms with Gasteiger partial charge >= 0.3 is 0 Å². The zero-order valence-electron chi connectivity index (χ0n) is 13.6. The highest BCUT2D eigenvalue weighted by Gasteiger charge is 2.45. The van der Waals surface area contributed by atoms with E-state index in [0.29, 0.717) is 13.1 Å². The smallest absolute Gasteiger partial charge is 0.238 e. The Balaban J connectivity index is 1.90. The summed E-state index contributed by atoms with van der Waals surface area (Å²) in [5, 5.41) is 6.47. The fourth-order valence-corrected chi connectivity index (χ4v) is 5.35. The van der Waals surface area contributed by atoms with Crippen LogP contribution in [0.3, 0.4) is 0 Å². The molecule has 2 saturated heterocycles. The molecule has 1 spiro atoms. The number of amides is 1. The van der Waals surface area contributed by atoms with Crippen LogP contribution in [0.25, 0.3) is 0 Å². The van der Waals surface area contributed by atoms with Crippen LogP contribution in [-0.2, 0) is 14.8 Å². The Labute approximate surface area is 137 Å². The number of hydrogen-bond acceptors (Lipinski definition) is 5. The number of thioether (sulfide) groups is 1. The van der Waals surface area contributed by atoms with Crippen LogP contribution in [0.4, 0.5) is 0 Å². The number of hydrogen-bond donors (Lipinski definition) is 2. The summed E-state index contributed by atoms with van der Waals surface area (Å²) in [7, 11) is -3.10. The van der Waals surface area contributed by atoms with E-state index in [2.05, 4.69) is 10.6 Å². The maximum absolute atomic E-state index is 12.2. The van der Waals surface area contributed by atoms with Crippen molar-refractivity contribution < 1.29 is 13.2 Å². The Hall–Kier alpha value is -0.310. The predicted molar refractivity (Wildman–Crippen MR) is 90.3 cm³/mol. The number of carbonyl (C=O) groups is 1. The Morgan fingerprint density at radius 1 is 1.41 bits per heavy atom. The van der Waals surface area contributed by atoms with Gasteiger partial charge in [-0.3, -0.25) is 10.1 Å². The van der Waals surface area contributed by atoms with Gasteiger partial charge in [0.2, 0.25) is 15.9 Å². The van der Waals surface area contributed by atoms with Gasteiger partial charge < -0.3 is 5.32 Å². The zero-order chi connectivity index (χ0) is 16.4. The maximum Gasteiger partial charge on any atom is 0.238 e. The van der Waals surface area contributed by atoms with Crippen molar-refractivity contribution in [3.8, 4) is 0 Å². The molecule has 0 aromatic rings. The van der Waals surface area contributed by atoms with Gasteiger partial charge in [0, 0.05) is 24.9 Å². The average molecular weight is 350 g/mol. The molecule has 2 heterocycles. The Bertz CT molecular complexity index is 501. The second-order valence-electron chi connectivity index (χ2n) is 6.12. The summed E-state index contributed by atoms with van der Waals surface area (Å²) in [6, 6.07) is 0.0146. The van der Waals surface area contributed by atoms with E-state index in [-0.39, 0.29) is 28.6 Å². The summed E-state index contributed by atoms with van der Waals surface area (Å²) < 4.78 is 25.4. The normalized spacial score (nSPS) is 27.0. The number of nitrogens with zero attached hydrogens (tertiary/aromatic N) is 1. The molecule has 0 saturated carbocycles. The first-order valence-corrected chi connectivity index (χ1v) is 10.6. The van der Waals surface area contributed by atoms with Crippen molar-refractivity contribution in [3.05, 3.63) is 0 Å². The Morgan fingerprint density at radius 3 is 2.59 bits per heavy atom. The number of carbonyl (C=O) groups excluding carboxylic acids is 1. The highest BCUT2D eigenvalue weighted by Crippen LogP contribution is 2.39. The van der Waals surface area contributed by atoms with Crippen LogP contribution in [0.2, 0.25) is 0 Å². The topological polar surface area (TPSA) is 78.5 Å². The second-order valence-corrected chi connectivity index (χ2v) is 9.78. The SMILES string of the molecule is CCC(C)NC(=O)C1CSC2(CCN(S(=O)(=O)CC)CC2)N1. The molecular weight excluding hydrogens is 322 g/mol. The summed E-state index contributed by atoms with van der Waals surface area (Å²) in [5.41, 5.74) is 0. The molecule has 2 aliphatic rings. The summed E-state index contributed by atoms with van der Waals surface area (Å²) in [5.74, 6) is 0.964. The molecule has 0 bridgehead atoms. The number of sulfonamides is 1. The lowest BCUT2D eigenvalue weighted by atomic mass is 10.0. The van der Waals surface area contributed by atoms with Gasteiger partial charge in [0.1, 0.15) is 0 Å². The molecule has 22 heavy (non-hydrogen) atoms. The molecule has 0 aliphatic carbocycles. The molecule has 1 amide bonds. The molecule has 0 aromatic heterocycles. The minimum atomic E-state index is -3.10. The van der Waals surface area contributed by atoms with E-state index in [0.717, 1.165) is 25.0 Å². The number of nitrogens with one attached hydrogen (secondary N) is 2. The molecule has 2 unspecified atom stereocenters. The van der Waals surface area contributed by atoms with Crippen molar-refractivity contribution in [1.82, 2.24) is 14.9 Å². The van der Waals surface area contributed by atoms with E-state index in [1.54, 1.807) is 23.0 Å². The van der Waals surface area contributed by atoms with Crippen molar-refractivity contribution in [2.75, 3.05) is 24.6 Å². The largest absolute Gasteiger partial charge is 0.352 e. The van der Waals surface area contributed by atoms with Crippen LogP contribution in [0, 0.1) is 0 Å². The summed E-state index contributed by atoms with van der Waals surface area (Å²) in [6.07, 6.45) is 2.43. The molecule has 6 nitrogen and oxygen atoms in total. The quantitative estimate of drug-likeness (QED) is 0.766. The molecule has 2 fully saturated rings. The lowest BCUT2D eigenvalue weighted by Crippen LogP contribution is -2.55. The lowest BCUT2D eigenvalue weighted by Gasteiger charge is -2.38. The van der Waals surface area contributed by atoms with E-state index in [1.807, 2.05) is 13.8 Å². The van der Waals surface area contributed by atoms with Crippen molar-refractivity contribution in [2.24, 2.45) is 0 Å². The number of piperidine rings is 1. The lowest BCUT2D eigenvalue weighted by molar-refractivity contribution is -0.123. The first-order chi connectivity index (χ1) is 10.3. The van der Waals surface area contributed by atoms with Crippen LogP contribution < -0.4 is 10.6 Å². The van der Waals surface area contributed by atoms with Gasteiger partial charge in [0.15, 0.2) is 0 Å². The Morgan fingerprint density at radius 2 is 2.05 bits per heavy atom. The van der Waals surface area contributed by atoms with Gasteiger partial charge in [0.05, 0.1) is 16.7 Å². The first-order valence-electron chi connectivity index (χ1n) is 8.02. The third-order valence-corrected chi connectivity index (χ3v) is 8.03. The third kappa shape index (κ3) is 3.96. The third-order valence-electron chi connectivity index (χ3n) is 4.57. The standard InChI is InChI=1S/C14H27N3O3S2/c1-4-11(3)15-13(18)12-10-21-14(16-12)6-8-17(9-7-14)22(19,20)5-2/h11-12,16H,4-10H2,1-3H3,(H,15,18). The van der Waals surface area contributed by atoms with Crippen molar-refractivity contribution in [3.63, 3.8) is 0 Å². The van der Waals surface area contributed by atoms with Crippen LogP contribution in [0.15, 0.2) is 0 Å². The van der Waals surface area contributed by atoms with Gasteiger partial charge in [-0.25, -0.2) is 12.7 Å². The molecule has 8 heteroatoms. The van der Waals surface area contributed by atoms with E-state index in [1.165, 1.54) is 0 Å². The van der Waals surface area contributed by atoms with Crippen LogP contribution >= 0.6 is 11.8 Å². The highest BCUT2D eigenvalue weighted by atomic mass is 32.2. The highest BCUT2D eigenvalue weighted by molar-refractivity contribution is 8.01. The zero-order valence-corrected chi connectivity index (χ0v) is 15.2. The minimum absolute atomic E-state index is 0.0577. The van der Waals surface area contributed by atoms with Gasteiger partial charge in [-0.2, -0.15) is 0 Å².